The minimum absolute atomic E-state index is 0.398. The summed E-state index contributed by atoms with van der Waals surface area (Å²) >= 11 is 0. The monoisotopic (exact) mass is 288 g/mol. The van der Waals surface area contributed by atoms with Crippen molar-refractivity contribution in [1.82, 2.24) is 10.9 Å². The van der Waals surface area contributed by atoms with E-state index in [1.165, 1.54) is 25.0 Å². The summed E-state index contributed by atoms with van der Waals surface area (Å²) in [6.45, 7) is 0. The van der Waals surface area contributed by atoms with Gasteiger partial charge in [-0.3, -0.25) is 9.59 Å². The first-order valence-electron chi connectivity index (χ1n) is 5.95. The van der Waals surface area contributed by atoms with Crippen LogP contribution in [-0.2, 0) is 9.59 Å². The lowest BCUT2D eigenvalue weighted by atomic mass is 10.4. The molecule has 2 aromatic heterocycles. The van der Waals surface area contributed by atoms with Gasteiger partial charge >= 0.3 is 0 Å². The first-order chi connectivity index (χ1) is 10.2. The lowest BCUT2D eigenvalue weighted by molar-refractivity contribution is -0.129. The Labute approximate surface area is 119 Å². The van der Waals surface area contributed by atoms with Crippen molar-refractivity contribution < 1.29 is 18.4 Å². The average molecular weight is 288 g/mol. The van der Waals surface area contributed by atoms with E-state index in [1.807, 2.05) is 0 Å². The number of hydrogen-bond acceptors (Lipinski definition) is 6. The normalized spacial score (nSPS) is 11.0. The van der Waals surface area contributed by atoms with Crippen LogP contribution in [0.15, 0.2) is 55.8 Å². The van der Waals surface area contributed by atoms with Crippen LogP contribution in [0.4, 0.5) is 0 Å². The zero-order valence-electron chi connectivity index (χ0n) is 10.9. The van der Waals surface area contributed by atoms with Gasteiger partial charge in [-0.05, 0) is 24.3 Å². The summed E-state index contributed by atoms with van der Waals surface area (Å²) < 4.78 is 9.95. The molecular weight excluding hydrogens is 276 g/mol. The molecule has 0 atom stereocenters. The highest BCUT2D eigenvalue weighted by molar-refractivity contribution is 5.97. The van der Waals surface area contributed by atoms with E-state index in [2.05, 4.69) is 21.1 Å². The Morgan fingerprint density at radius 3 is 1.81 bits per heavy atom. The van der Waals surface area contributed by atoms with Crippen molar-refractivity contribution >= 4 is 24.2 Å². The molecule has 0 fully saturated rings. The molecular formula is C13H12N4O4. The molecule has 8 nitrogen and oxygen atoms in total. The van der Waals surface area contributed by atoms with Crippen LogP contribution in [0.2, 0.25) is 0 Å². The molecule has 0 bridgehead atoms. The van der Waals surface area contributed by atoms with E-state index in [-0.39, 0.29) is 0 Å². The molecule has 2 aromatic rings. The van der Waals surface area contributed by atoms with Crippen molar-refractivity contribution in [2.75, 3.05) is 0 Å². The molecule has 0 saturated carbocycles. The summed E-state index contributed by atoms with van der Waals surface area (Å²) in [4.78, 5) is 22.8. The van der Waals surface area contributed by atoms with Gasteiger partial charge in [0, 0.05) is 0 Å². The van der Waals surface area contributed by atoms with Crippen LogP contribution in [0.25, 0.3) is 0 Å². The maximum absolute atomic E-state index is 11.4. The van der Waals surface area contributed by atoms with Gasteiger partial charge in [-0.1, -0.05) is 0 Å². The van der Waals surface area contributed by atoms with E-state index in [0.717, 1.165) is 0 Å². The third-order valence-corrected chi connectivity index (χ3v) is 2.17. The zero-order valence-corrected chi connectivity index (χ0v) is 10.9. The smallest absolute Gasteiger partial charge is 0.249 e. The summed E-state index contributed by atoms with van der Waals surface area (Å²) in [6.07, 6.45) is 5.21. The van der Waals surface area contributed by atoms with Crippen LogP contribution in [0.5, 0.6) is 0 Å². The third kappa shape index (κ3) is 5.15. The van der Waals surface area contributed by atoms with Crippen molar-refractivity contribution in [3.63, 3.8) is 0 Å². The van der Waals surface area contributed by atoms with Gasteiger partial charge in [0.2, 0.25) is 11.8 Å². The minimum atomic E-state index is -0.566. The molecule has 0 unspecified atom stereocenters. The Hall–Kier alpha value is -3.16. The second-order valence-corrected chi connectivity index (χ2v) is 3.79. The van der Waals surface area contributed by atoms with Crippen molar-refractivity contribution in [3.8, 4) is 0 Å². The van der Waals surface area contributed by atoms with E-state index >= 15 is 0 Å². The number of carbonyl (C=O) groups excluding carboxylic acids is 2. The first-order valence-corrected chi connectivity index (χ1v) is 5.95. The fourth-order valence-electron chi connectivity index (χ4n) is 1.29. The number of nitrogens with zero attached hydrogens (tertiary/aromatic N) is 2. The highest BCUT2D eigenvalue weighted by Gasteiger charge is 2.07. The topological polar surface area (TPSA) is 109 Å². The first kappa shape index (κ1) is 14.3. The number of amides is 2. The summed E-state index contributed by atoms with van der Waals surface area (Å²) in [5, 5.41) is 7.27. The van der Waals surface area contributed by atoms with E-state index in [9.17, 15) is 9.59 Å². The number of hydrazone groups is 2. The van der Waals surface area contributed by atoms with Crippen LogP contribution >= 0.6 is 0 Å². The van der Waals surface area contributed by atoms with Gasteiger partial charge in [0.25, 0.3) is 0 Å². The van der Waals surface area contributed by atoms with Gasteiger partial charge in [0.15, 0.2) is 0 Å². The average Bonchev–Trinajstić information content (AvgIpc) is 3.11. The van der Waals surface area contributed by atoms with Gasteiger partial charge in [-0.15, -0.1) is 0 Å². The van der Waals surface area contributed by atoms with E-state index in [1.54, 1.807) is 24.3 Å². The second-order valence-electron chi connectivity index (χ2n) is 3.79. The standard InChI is InChI=1S/C13H12N4O4/c18-12(16-14-8-10-3-1-5-20-10)7-13(19)17-15-9-11-4-2-6-21-11/h1-6,8-9H,7H2,(H,16,18)(H,17,19). The molecule has 0 radical (unpaired) electrons. The van der Waals surface area contributed by atoms with E-state index < -0.39 is 18.2 Å². The molecule has 8 heteroatoms. The number of rotatable bonds is 6. The fraction of sp³-hybridized carbons (Fsp3) is 0.0769. The Kier molecular flexibility index (Phi) is 5.05. The van der Waals surface area contributed by atoms with Crippen LogP contribution in [-0.4, -0.2) is 24.2 Å². The Morgan fingerprint density at radius 2 is 1.43 bits per heavy atom. The van der Waals surface area contributed by atoms with Gasteiger partial charge in [0.05, 0.1) is 25.0 Å². The van der Waals surface area contributed by atoms with Crippen LogP contribution in [0.1, 0.15) is 17.9 Å². The third-order valence-electron chi connectivity index (χ3n) is 2.17. The summed E-state index contributed by atoms with van der Waals surface area (Å²) in [7, 11) is 0. The lowest BCUT2D eigenvalue weighted by Gasteiger charge is -1.98. The molecule has 0 aromatic carbocycles. The van der Waals surface area contributed by atoms with Crippen molar-refractivity contribution in [2.24, 2.45) is 10.2 Å². The van der Waals surface area contributed by atoms with Gasteiger partial charge in [-0.25, -0.2) is 10.9 Å². The summed E-state index contributed by atoms with van der Waals surface area (Å²) in [5.41, 5.74) is 4.39. The van der Waals surface area contributed by atoms with Crippen LogP contribution in [0.3, 0.4) is 0 Å². The summed E-state index contributed by atoms with van der Waals surface area (Å²) in [5.74, 6) is -0.155. The number of hydrogen-bond donors (Lipinski definition) is 2. The maximum Gasteiger partial charge on any atom is 0.249 e. The number of carbonyl (C=O) groups is 2. The van der Waals surface area contributed by atoms with Crippen LogP contribution in [0, 0.1) is 0 Å². The predicted octanol–water partition coefficient (Wildman–Crippen LogP) is 0.863. The number of nitrogens with one attached hydrogen (secondary N) is 2. The van der Waals surface area contributed by atoms with Crippen molar-refractivity contribution in [2.45, 2.75) is 6.42 Å². The molecule has 0 saturated heterocycles. The molecule has 2 amide bonds. The van der Waals surface area contributed by atoms with E-state index in [0.29, 0.717) is 11.5 Å². The maximum atomic E-state index is 11.4. The molecule has 2 heterocycles. The van der Waals surface area contributed by atoms with E-state index in [4.69, 9.17) is 8.83 Å². The molecule has 0 aliphatic carbocycles. The minimum Gasteiger partial charge on any atom is -0.463 e. The van der Waals surface area contributed by atoms with Crippen LogP contribution < -0.4 is 10.9 Å². The molecule has 0 spiro atoms. The Bertz CT molecular complexity index is 573. The number of furan rings is 2. The SMILES string of the molecule is O=C(CC(=O)NN=Cc1ccco1)NN=Cc1ccco1. The van der Waals surface area contributed by atoms with Gasteiger partial charge in [-0.2, -0.15) is 10.2 Å². The van der Waals surface area contributed by atoms with Gasteiger partial charge in [0.1, 0.15) is 17.9 Å². The highest BCUT2D eigenvalue weighted by Crippen LogP contribution is 1.95. The Morgan fingerprint density at radius 1 is 0.952 bits per heavy atom. The lowest BCUT2D eigenvalue weighted by Crippen LogP contribution is -2.27. The molecule has 0 aliphatic heterocycles. The quantitative estimate of drug-likeness (QED) is 0.466. The molecule has 2 N–H and O–H groups in total. The van der Waals surface area contributed by atoms with Crippen molar-refractivity contribution in [3.05, 3.63) is 48.3 Å². The second kappa shape index (κ2) is 7.43. The summed E-state index contributed by atoms with van der Waals surface area (Å²) in [6, 6.07) is 6.72. The molecule has 108 valence electrons. The highest BCUT2D eigenvalue weighted by atomic mass is 16.3. The fourth-order valence-corrected chi connectivity index (χ4v) is 1.29. The van der Waals surface area contributed by atoms with Gasteiger partial charge < -0.3 is 8.83 Å². The Balaban J connectivity index is 1.68. The van der Waals surface area contributed by atoms with Crippen molar-refractivity contribution in [1.29, 1.82) is 0 Å². The predicted molar refractivity (Wildman–Crippen MR) is 73.5 cm³/mol. The molecule has 0 aliphatic rings. The zero-order chi connectivity index (χ0) is 14.9. The molecule has 21 heavy (non-hydrogen) atoms. The largest absolute Gasteiger partial charge is 0.463 e. The molecule has 2 rings (SSSR count).